The Morgan fingerprint density at radius 3 is 2.06 bits per heavy atom. The summed E-state index contributed by atoms with van der Waals surface area (Å²) in [6, 6.07) is 0. The second-order valence-electron chi connectivity index (χ2n) is 3.87. The van der Waals surface area contributed by atoms with Crippen molar-refractivity contribution in [1.82, 2.24) is 6.15 Å². The minimum Gasteiger partial charge on any atom is -0.481 e. The maximum atomic E-state index is 11.1. The first kappa shape index (κ1) is 19.2. The number of methoxy groups -OCH3 is 1. The topological polar surface area (TPSA) is 108 Å². The van der Waals surface area contributed by atoms with Gasteiger partial charge in [-0.05, 0) is 12.8 Å². The second-order valence-corrected chi connectivity index (χ2v) is 3.87. The van der Waals surface area contributed by atoms with Gasteiger partial charge in [0.15, 0.2) is 0 Å². The molecule has 0 aromatic carbocycles. The van der Waals surface area contributed by atoms with Crippen LogP contribution in [-0.4, -0.2) is 37.4 Å². The monoisotopic (exact) mass is 263 g/mol. The molecule has 0 bridgehead atoms. The van der Waals surface area contributed by atoms with E-state index in [-0.39, 0.29) is 18.5 Å². The molecule has 0 aromatic heterocycles. The Labute approximate surface area is 108 Å². The van der Waals surface area contributed by atoms with Gasteiger partial charge in [0, 0.05) is 20.0 Å². The van der Waals surface area contributed by atoms with Crippen molar-refractivity contribution in [3.63, 3.8) is 0 Å². The quantitative estimate of drug-likeness (QED) is 0.437. The SMILES string of the molecule is COCCOC(=O)CCCCCCCC(=O)O.N. The molecule has 108 valence electrons. The summed E-state index contributed by atoms with van der Waals surface area (Å²) in [5.41, 5.74) is 0. The third kappa shape index (κ3) is 14.9. The fourth-order valence-electron chi connectivity index (χ4n) is 1.39. The smallest absolute Gasteiger partial charge is 0.305 e. The van der Waals surface area contributed by atoms with E-state index in [1.165, 1.54) is 0 Å². The van der Waals surface area contributed by atoms with E-state index < -0.39 is 5.97 Å². The molecule has 0 rings (SSSR count). The van der Waals surface area contributed by atoms with Crippen molar-refractivity contribution < 1.29 is 24.2 Å². The zero-order valence-corrected chi connectivity index (χ0v) is 11.2. The molecule has 4 N–H and O–H groups in total. The molecule has 0 aliphatic heterocycles. The maximum Gasteiger partial charge on any atom is 0.305 e. The number of carboxylic acid groups (broad SMARTS) is 1. The van der Waals surface area contributed by atoms with Crippen molar-refractivity contribution in [2.45, 2.75) is 44.9 Å². The van der Waals surface area contributed by atoms with E-state index in [1.807, 2.05) is 0 Å². The van der Waals surface area contributed by atoms with Gasteiger partial charge >= 0.3 is 11.9 Å². The number of ether oxygens (including phenoxy) is 2. The average Bonchev–Trinajstić information content (AvgIpc) is 2.28. The highest BCUT2D eigenvalue weighted by Gasteiger charge is 2.02. The van der Waals surface area contributed by atoms with Crippen molar-refractivity contribution in [2.24, 2.45) is 0 Å². The Morgan fingerprint density at radius 1 is 0.944 bits per heavy atom. The number of carbonyl (C=O) groups is 2. The molecule has 0 heterocycles. The van der Waals surface area contributed by atoms with Crippen LogP contribution in [0.3, 0.4) is 0 Å². The van der Waals surface area contributed by atoms with Gasteiger partial charge in [0.2, 0.25) is 0 Å². The summed E-state index contributed by atoms with van der Waals surface area (Å²) in [5.74, 6) is -0.931. The molecule has 0 saturated heterocycles. The molecule has 6 nitrogen and oxygen atoms in total. The van der Waals surface area contributed by atoms with Gasteiger partial charge in [-0.3, -0.25) is 9.59 Å². The van der Waals surface area contributed by atoms with E-state index in [9.17, 15) is 9.59 Å². The summed E-state index contributed by atoms with van der Waals surface area (Å²) in [6.45, 7) is 0.745. The molecule has 0 atom stereocenters. The normalized spacial score (nSPS) is 9.61. The van der Waals surface area contributed by atoms with Crippen LogP contribution in [0.1, 0.15) is 44.9 Å². The van der Waals surface area contributed by atoms with Crippen molar-refractivity contribution >= 4 is 11.9 Å². The first-order chi connectivity index (χ1) is 8.16. The largest absolute Gasteiger partial charge is 0.481 e. The van der Waals surface area contributed by atoms with E-state index in [0.29, 0.717) is 26.1 Å². The fourth-order valence-corrected chi connectivity index (χ4v) is 1.39. The van der Waals surface area contributed by atoms with Crippen LogP contribution in [0.5, 0.6) is 0 Å². The molecule has 0 fully saturated rings. The van der Waals surface area contributed by atoms with Gasteiger partial charge in [-0.15, -0.1) is 0 Å². The van der Waals surface area contributed by atoms with Gasteiger partial charge in [-0.1, -0.05) is 19.3 Å². The van der Waals surface area contributed by atoms with Crippen LogP contribution in [-0.2, 0) is 19.1 Å². The van der Waals surface area contributed by atoms with Gasteiger partial charge in [-0.2, -0.15) is 0 Å². The van der Waals surface area contributed by atoms with E-state index in [4.69, 9.17) is 14.6 Å². The second kappa shape index (κ2) is 13.9. The molecule has 18 heavy (non-hydrogen) atoms. The highest BCUT2D eigenvalue weighted by atomic mass is 16.6. The lowest BCUT2D eigenvalue weighted by molar-refractivity contribution is -0.145. The lowest BCUT2D eigenvalue weighted by atomic mass is 10.1. The number of hydrogen-bond acceptors (Lipinski definition) is 5. The zero-order valence-electron chi connectivity index (χ0n) is 11.2. The Kier molecular flexibility index (Phi) is 14.9. The Morgan fingerprint density at radius 2 is 1.50 bits per heavy atom. The molecule has 0 aromatic rings. The summed E-state index contributed by atoms with van der Waals surface area (Å²) in [7, 11) is 1.56. The molecular weight excluding hydrogens is 238 g/mol. The summed E-state index contributed by atoms with van der Waals surface area (Å²) in [4.78, 5) is 21.4. The number of hydrogen-bond donors (Lipinski definition) is 2. The van der Waals surface area contributed by atoms with Crippen molar-refractivity contribution in [2.75, 3.05) is 20.3 Å². The van der Waals surface area contributed by atoms with E-state index in [2.05, 4.69) is 0 Å². The van der Waals surface area contributed by atoms with Crippen molar-refractivity contribution in [1.29, 1.82) is 0 Å². The van der Waals surface area contributed by atoms with E-state index in [0.717, 1.165) is 25.7 Å². The Balaban J connectivity index is 0. The Hall–Kier alpha value is -1.14. The molecule has 0 aliphatic carbocycles. The highest BCUT2D eigenvalue weighted by molar-refractivity contribution is 5.69. The average molecular weight is 263 g/mol. The maximum absolute atomic E-state index is 11.1. The number of carboxylic acids is 1. The van der Waals surface area contributed by atoms with Crippen molar-refractivity contribution in [3.05, 3.63) is 0 Å². The lowest BCUT2D eigenvalue weighted by Crippen LogP contribution is -2.09. The number of aliphatic carboxylic acids is 1. The molecule has 0 radical (unpaired) electrons. The third-order valence-corrected chi connectivity index (χ3v) is 2.32. The standard InChI is InChI=1S/C12H22O5.H3N/c1-16-9-10-17-12(15)8-6-4-2-3-5-7-11(13)14;/h2-10H2,1H3,(H,13,14);1H3. The predicted molar refractivity (Wildman–Crippen MR) is 67.8 cm³/mol. The number of carbonyl (C=O) groups excluding carboxylic acids is 1. The fraction of sp³-hybridized carbons (Fsp3) is 0.833. The van der Waals surface area contributed by atoms with Crippen LogP contribution in [0, 0.1) is 0 Å². The van der Waals surface area contributed by atoms with Crippen LogP contribution in [0.25, 0.3) is 0 Å². The summed E-state index contributed by atoms with van der Waals surface area (Å²) in [5, 5.41) is 8.42. The zero-order chi connectivity index (χ0) is 12.9. The lowest BCUT2D eigenvalue weighted by Gasteiger charge is -2.03. The molecule has 0 spiro atoms. The third-order valence-electron chi connectivity index (χ3n) is 2.32. The first-order valence-corrected chi connectivity index (χ1v) is 6.03. The van der Waals surface area contributed by atoms with Gasteiger partial charge in [0.05, 0.1) is 6.61 Å². The van der Waals surface area contributed by atoms with Gasteiger partial charge in [0.25, 0.3) is 0 Å². The van der Waals surface area contributed by atoms with Crippen LogP contribution in [0.2, 0.25) is 0 Å². The first-order valence-electron chi connectivity index (χ1n) is 6.03. The van der Waals surface area contributed by atoms with Gasteiger partial charge in [-0.25, -0.2) is 0 Å². The molecule has 0 aliphatic rings. The number of esters is 1. The van der Waals surface area contributed by atoms with E-state index in [1.54, 1.807) is 7.11 Å². The van der Waals surface area contributed by atoms with Crippen molar-refractivity contribution in [3.8, 4) is 0 Å². The Bertz CT molecular complexity index is 221. The highest BCUT2D eigenvalue weighted by Crippen LogP contribution is 2.07. The summed E-state index contributed by atoms with van der Waals surface area (Å²) >= 11 is 0. The van der Waals surface area contributed by atoms with Gasteiger partial charge in [0.1, 0.15) is 6.61 Å². The minimum absolute atomic E-state index is 0. The molecule has 0 amide bonds. The van der Waals surface area contributed by atoms with Crippen LogP contribution >= 0.6 is 0 Å². The van der Waals surface area contributed by atoms with Gasteiger partial charge < -0.3 is 20.7 Å². The molecule has 6 heteroatoms. The van der Waals surface area contributed by atoms with Crippen LogP contribution in [0.15, 0.2) is 0 Å². The van der Waals surface area contributed by atoms with Crippen LogP contribution < -0.4 is 6.15 Å². The number of unbranched alkanes of at least 4 members (excludes halogenated alkanes) is 4. The molecular formula is C12H25NO5. The van der Waals surface area contributed by atoms with Crippen LogP contribution in [0.4, 0.5) is 0 Å². The molecule has 0 saturated carbocycles. The predicted octanol–water partition coefficient (Wildman–Crippen LogP) is 2.15. The molecule has 0 unspecified atom stereocenters. The van der Waals surface area contributed by atoms with E-state index >= 15 is 0 Å². The summed E-state index contributed by atoms with van der Waals surface area (Å²) in [6.07, 6.45) is 5.01. The summed E-state index contributed by atoms with van der Waals surface area (Å²) < 4.78 is 9.66. The minimum atomic E-state index is -0.744. The number of rotatable bonds is 11.